The van der Waals surface area contributed by atoms with Gasteiger partial charge in [-0.25, -0.2) is 0 Å². The SMILES string of the molecule is CCCC[PH](=O)[O-].CCCC[PH](=O)[O-].CCCC[PH](=O)[O-].[Cr+3]. The van der Waals surface area contributed by atoms with Crippen molar-refractivity contribution in [3.05, 3.63) is 0 Å². The molecule has 0 aromatic heterocycles. The maximum Gasteiger partial charge on any atom is 3.00 e. The second-order valence-electron chi connectivity index (χ2n) is 4.43. The fourth-order valence-corrected chi connectivity index (χ4v) is 2.89. The fourth-order valence-electron chi connectivity index (χ4n) is 0.963. The summed E-state index contributed by atoms with van der Waals surface area (Å²) in [5.74, 6) is 0. The number of rotatable bonds is 9. The molecule has 0 spiro atoms. The molecular weight excluding hydrogens is 385 g/mol. The average molecular weight is 415 g/mol. The third-order valence-electron chi connectivity index (χ3n) is 2.20. The zero-order valence-electron chi connectivity index (χ0n) is 13.7. The van der Waals surface area contributed by atoms with Crippen LogP contribution in [0.5, 0.6) is 0 Å². The van der Waals surface area contributed by atoms with E-state index in [1.54, 1.807) is 0 Å². The minimum absolute atomic E-state index is 0. The molecule has 3 atom stereocenters. The summed E-state index contributed by atoms with van der Waals surface area (Å²) in [4.78, 5) is 29.5. The van der Waals surface area contributed by atoms with Gasteiger partial charge in [-0.05, 0) is 37.7 Å². The molecule has 0 aliphatic carbocycles. The van der Waals surface area contributed by atoms with Gasteiger partial charge < -0.3 is 28.4 Å². The zero-order chi connectivity index (χ0) is 17.1. The first-order valence-corrected chi connectivity index (χ1v) is 12.0. The topological polar surface area (TPSA) is 120 Å². The predicted molar refractivity (Wildman–Crippen MR) is 86.3 cm³/mol. The van der Waals surface area contributed by atoms with E-state index in [-0.39, 0.29) is 17.4 Å². The summed E-state index contributed by atoms with van der Waals surface area (Å²) in [5, 5.41) is 0. The van der Waals surface area contributed by atoms with Gasteiger partial charge in [-0.1, -0.05) is 40.0 Å². The molecule has 0 bridgehead atoms. The second kappa shape index (κ2) is 27.0. The third kappa shape index (κ3) is 49.7. The first kappa shape index (κ1) is 30.9. The Morgan fingerprint density at radius 3 is 0.818 bits per heavy atom. The molecule has 0 amide bonds. The summed E-state index contributed by atoms with van der Waals surface area (Å²) < 4.78 is 29.5. The average Bonchev–Trinajstić information content (AvgIpc) is 2.41. The number of unbranched alkanes of at least 4 members (excludes halogenated alkanes) is 3. The number of hydrogen-bond acceptors (Lipinski definition) is 6. The summed E-state index contributed by atoms with van der Waals surface area (Å²) in [6.45, 7) is 5.93. The van der Waals surface area contributed by atoms with E-state index < -0.39 is 24.1 Å². The van der Waals surface area contributed by atoms with Crippen LogP contribution in [0.25, 0.3) is 0 Å². The Bertz CT molecular complexity index is 237. The molecule has 0 aliphatic heterocycles. The molecule has 0 N–H and O–H groups in total. The Hall–Kier alpha value is 1.10. The van der Waals surface area contributed by atoms with Gasteiger partial charge in [0, 0.05) is 24.1 Å². The van der Waals surface area contributed by atoms with Crippen LogP contribution in [-0.2, 0) is 31.1 Å². The van der Waals surface area contributed by atoms with Gasteiger partial charge in [0.25, 0.3) is 0 Å². The summed E-state index contributed by atoms with van der Waals surface area (Å²) >= 11 is 0. The molecule has 0 aromatic rings. The van der Waals surface area contributed by atoms with Crippen molar-refractivity contribution in [3.63, 3.8) is 0 Å². The molecule has 22 heavy (non-hydrogen) atoms. The monoisotopic (exact) mass is 415 g/mol. The van der Waals surface area contributed by atoms with Crippen LogP contribution in [-0.4, -0.2) is 18.5 Å². The molecule has 0 saturated heterocycles. The third-order valence-corrected chi connectivity index (χ3v) is 4.49. The van der Waals surface area contributed by atoms with Crippen molar-refractivity contribution in [3.8, 4) is 0 Å². The van der Waals surface area contributed by atoms with Crippen LogP contribution in [0.1, 0.15) is 59.3 Å². The van der Waals surface area contributed by atoms with Crippen LogP contribution in [0, 0.1) is 0 Å². The molecule has 10 heteroatoms. The largest absolute Gasteiger partial charge is 3.00 e. The van der Waals surface area contributed by atoms with Crippen molar-refractivity contribution >= 4 is 24.1 Å². The van der Waals surface area contributed by atoms with Crippen molar-refractivity contribution < 1.29 is 45.7 Å². The van der Waals surface area contributed by atoms with E-state index in [9.17, 15) is 28.4 Å². The van der Waals surface area contributed by atoms with E-state index >= 15 is 0 Å². The van der Waals surface area contributed by atoms with Gasteiger partial charge in [-0.2, -0.15) is 0 Å². The molecule has 0 fully saturated rings. The van der Waals surface area contributed by atoms with Crippen LogP contribution in [0.3, 0.4) is 0 Å². The molecule has 0 rings (SSSR count). The summed E-state index contributed by atoms with van der Waals surface area (Å²) in [6.07, 6.45) is 6.54. The van der Waals surface area contributed by atoms with Gasteiger partial charge in [0.2, 0.25) is 0 Å². The molecule has 135 valence electrons. The van der Waals surface area contributed by atoms with Gasteiger partial charge in [-0.3, -0.25) is 0 Å². The van der Waals surface area contributed by atoms with Crippen LogP contribution < -0.4 is 14.7 Å². The van der Waals surface area contributed by atoms with Gasteiger partial charge in [-0.15, -0.1) is 0 Å². The van der Waals surface area contributed by atoms with Crippen molar-refractivity contribution in [1.82, 2.24) is 0 Å². The minimum atomic E-state index is -2.40. The minimum Gasteiger partial charge on any atom is -0.802 e. The van der Waals surface area contributed by atoms with E-state index in [1.807, 2.05) is 20.8 Å². The van der Waals surface area contributed by atoms with Gasteiger partial charge in [0.15, 0.2) is 0 Å². The Kier molecular flexibility index (Phi) is 37.9. The van der Waals surface area contributed by atoms with E-state index in [2.05, 4.69) is 0 Å². The standard InChI is InChI=1S/3C4H11O2P.Cr/c3*1-2-3-4-7(5)6;/h3*7H,2-4H2,1H3,(H,5,6);/q;;;+3/p-3. The van der Waals surface area contributed by atoms with Crippen LogP contribution >= 0.6 is 24.1 Å². The van der Waals surface area contributed by atoms with E-state index in [1.165, 1.54) is 0 Å². The molecule has 3 unspecified atom stereocenters. The molecule has 1 radical (unpaired) electrons. The van der Waals surface area contributed by atoms with Crippen LogP contribution in [0.4, 0.5) is 0 Å². The van der Waals surface area contributed by atoms with Crippen molar-refractivity contribution in [1.29, 1.82) is 0 Å². The van der Waals surface area contributed by atoms with Gasteiger partial charge >= 0.3 is 17.4 Å². The molecule has 0 heterocycles. The van der Waals surface area contributed by atoms with Crippen molar-refractivity contribution in [2.24, 2.45) is 0 Å². The van der Waals surface area contributed by atoms with Crippen LogP contribution in [0.15, 0.2) is 0 Å². The first-order chi connectivity index (χ1) is 9.81. The summed E-state index contributed by atoms with van der Waals surface area (Å²) in [5.41, 5.74) is 0. The normalized spacial score (nSPS) is 13.4. The van der Waals surface area contributed by atoms with Gasteiger partial charge in [0.05, 0.1) is 0 Å². The van der Waals surface area contributed by atoms with Crippen molar-refractivity contribution in [2.75, 3.05) is 18.5 Å². The number of hydrogen-bond donors (Lipinski definition) is 0. The van der Waals surface area contributed by atoms with E-state index in [0.717, 1.165) is 38.5 Å². The molecule has 0 aromatic carbocycles. The maximum atomic E-state index is 9.83. The molecular formula is C12H30CrO6P3. The van der Waals surface area contributed by atoms with Crippen LogP contribution in [0.2, 0.25) is 0 Å². The zero-order valence-corrected chi connectivity index (χ0v) is 18.0. The Morgan fingerprint density at radius 1 is 0.591 bits per heavy atom. The summed E-state index contributed by atoms with van der Waals surface area (Å²) in [7, 11) is -7.19. The molecule has 6 nitrogen and oxygen atoms in total. The Morgan fingerprint density at radius 2 is 0.773 bits per heavy atom. The predicted octanol–water partition coefficient (Wildman–Crippen LogP) is 1.86. The van der Waals surface area contributed by atoms with Gasteiger partial charge in [0.1, 0.15) is 0 Å². The Labute approximate surface area is 147 Å². The molecule has 0 aliphatic rings. The maximum absolute atomic E-state index is 9.83. The Balaban J connectivity index is -0.000000108. The van der Waals surface area contributed by atoms with E-state index in [0.29, 0.717) is 18.5 Å². The molecule has 0 saturated carbocycles. The summed E-state index contributed by atoms with van der Waals surface area (Å²) in [6, 6.07) is 0. The fraction of sp³-hybridized carbons (Fsp3) is 1.00. The first-order valence-electron chi connectivity index (χ1n) is 7.41. The smallest absolute Gasteiger partial charge is 0.802 e. The van der Waals surface area contributed by atoms with E-state index in [4.69, 9.17) is 0 Å². The quantitative estimate of drug-likeness (QED) is 0.530. The van der Waals surface area contributed by atoms with Crippen molar-refractivity contribution in [2.45, 2.75) is 59.3 Å². The second-order valence-corrected chi connectivity index (χ2v) is 8.16.